The second kappa shape index (κ2) is 23.0. The van der Waals surface area contributed by atoms with E-state index in [0.717, 1.165) is 12.2 Å². The Morgan fingerprint density at radius 3 is 1.67 bits per heavy atom. The number of benzene rings is 1. The second-order valence-electron chi connectivity index (χ2n) is 8.67. The van der Waals surface area contributed by atoms with Crippen molar-refractivity contribution < 1.29 is 67.1 Å². The van der Waals surface area contributed by atoms with Crippen molar-refractivity contribution >= 4 is 22.1 Å². The van der Waals surface area contributed by atoms with E-state index in [-0.39, 0.29) is 35.7 Å². The Balaban J connectivity index is 0. The van der Waals surface area contributed by atoms with Gasteiger partial charge in [-0.2, -0.15) is 8.42 Å². The number of carbonyl (C=O) groups is 2. The summed E-state index contributed by atoms with van der Waals surface area (Å²) < 4.78 is 34.5. The molecule has 3 N–H and O–H groups in total. The molecular formula is C26H43NaO8S. The monoisotopic (exact) mass is 538 g/mol. The number of carboxylic acids is 2. The first-order chi connectivity index (χ1) is 16.6. The van der Waals surface area contributed by atoms with E-state index in [1.807, 2.05) is 30.3 Å². The molecule has 8 nitrogen and oxygen atoms in total. The molecule has 0 fully saturated rings. The van der Waals surface area contributed by atoms with Gasteiger partial charge in [0.05, 0.1) is 6.42 Å². The first-order valence-electron chi connectivity index (χ1n) is 12.5. The van der Waals surface area contributed by atoms with Crippen LogP contribution in [0.15, 0.2) is 30.3 Å². The third kappa shape index (κ3) is 22.1. The third-order valence-electron chi connectivity index (χ3n) is 5.42. The van der Waals surface area contributed by atoms with Crippen LogP contribution in [-0.4, -0.2) is 46.5 Å². The van der Waals surface area contributed by atoms with Gasteiger partial charge in [0.1, 0.15) is 5.75 Å². The molecule has 10 heteroatoms. The van der Waals surface area contributed by atoms with E-state index in [1.165, 1.54) is 77.0 Å². The van der Waals surface area contributed by atoms with Gasteiger partial charge in [-0.3, -0.25) is 14.1 Å². The second-order valence-corrected chi connectivity index (χ2v) is 10.3. The number of unbranched alkanes of at least 4 members (excludes halogenated alkanes) is 11. The zero-order valence-corrected chi connectivity index (χ0v) is 24.8. The van der Waals surface area contributed by atoms with Crippen LogP contribution in [0.5, 0.6) is 5.75 Å². The maximum absolute atomic E-state index is 10.2. The summed E-state index contributed by atoms with van der Waals surface area (Å²) >= 11 is 0. The summed E-state index contributed by atoms with van der Waals surface area (Å²) in [7, 11) is -4.84. The van der Waals surface area contributed by atoms with Crippen molar-refractivity contribution in [3.8, 4) is 5.75 Å². The molecule has 36 heavy (non-hydrogen) atoms. The summed E-state index contributed by atoms with van der Waals surface area (Å²) in [6.07, 6.45) is 16.7. The van der Waals surface area contributed by atoms with E-state index in [4.69, 9.17) is 19.5 Å². The van der Waals surface area contributed by atoms with Crippen molar-refractivity contribution in [2.75, 3.05) is 0 Å². The normalized spacial score (nSPS) is 12.4. The molecule has 2 atom stereocenters. The molecule has 1 aromatic rings. The van der Waals surface area contributed by atoms with Crippen LogP contribution < -0.4 is 34.3 Å². The first-order valence-corrected chi connectivity index (χ1v) is 14.0. The van der Waals surface area contributed by atoms with Crippen molar-refractivity contribution in [2.45, 2.75) is 108 Å². The Morgan fingerprint density at radius 2 is 1.31 bits per heavy atom. The number of para-hydroxylation sites is 1. The molecule has 0 amide bonds. The summed E-state index contributed by atoms with van der Waals surface area (Å²) in [6.45, 7) is 6.38. The van der Waals surface area contributed by atoms with Gasteiger partial charge < -0.3 is 21.9 Å². The van der Waals surface area contributed by atoms with Crippen LogP contribution in [0.2, 0.25) is 0 Å². The SMILES string of the molecule is O=C(O)CC(C(=O)O)S(=O)(=O)O.[CH2-]C(CCCCCCCCCCCCCC)Oc1ccccc1.[Na+]. The predicted molar refractivity (Wildman–Crippen MR) is 137 cm³/mol. The van der Waals surface area contributed by atoms with E-state index in [2.05, 4.69) is 13.8 Å². The number of rotatable bonds is 19. The summed E-state index contributed by atoms with van der Waals surface area (Å²) in [5.74, 6) is -2.56. The van der Waals surface area contributed by atoms with E-state index in [1.54, 1.807) is 0 Å². The Hall–Kier alpha value is -1.13. The van der Waals surface area contributed by atoms with E-state index >= 15 is 0 Å². The molecule has 0 bridgehead atoms. The number of hydrogen-bond acceptors (Lipinski definition) is 5. The fraction of sp³-hybridized carbons (Fsp3) is 0.654. The fourth-order valence-corrected chi connectivity index (χ4v) is 4.05. The Bertz CT molecular complexity index is 786. The van der Waals surface area contributed by atoms with Crippen molar-refractivity contribution in [3.63, 3.8) is 0 Å². The number of hydrogen-bond donors (Lipinski definition) is 3. The third-order valence-corrected chi connectivity index (χ3v) is 6.51. The first kappa shape index (κ1) is 37.0. The van der Waals surface area contributed by atoms with Crippen LogP contribution in [0.1, 0.15) is 96.8 Å². The maximum atomic E-state index is 10.2. The molecule has 1 rings (SSSR count). The minimum Gasteiger partial charge on any atom is -0.522 e. The van der Waals surface area contributed by atoms with Gasteiger partial charge >= 0.3 is 41.5 Å². The molecular weight excluding hydrogens is 495 g/mol. The van der Waals surface area contributed by atoms with E-state index in [9.17, 15) is 18.0 Å². The van der Waals surface area contributed by atoms with Gasteiger partial charge in [0.2, 0.25) is 0 Å². The minimum atomic E-state index is -4.84. The van der Waals surface area contributed by atoms with Crippen molar-refractivity contribution in [1.82, 2.24) is 0 Å². The zero-order valence-electron chi connectivity index (χ0n) is 21.9. The molecule has 1 aromatic carbocycles. The van der Waals surface area contributed by atoms with E-state index < -0.39 is 33.7 Å². The van der Waals surface area contributed by atoms with Gasteiger partial charge in [-0.25, -0.2) is 0 Å². The molecule has 0 aliphatic heterocycles. The van der Waals surface area contributed by atoms with Gasteiger partial charge in [0.25, 0.3) is 10.1 Å². The Kier molecular flexibility index (Phi) is 23.7. The van der Waals surface area contributed by atoms with Crippen molar-refractivity contribution in [3.05, 3.63) is 37.3 Å². The summed E-state index contributed by atoms with van der Waals surface area (Å²) in [4.78, 5) is 20.0. The van der Waals surface area contributed by atoms with Crippen LogP contribution in [0.25, 0.3) is 0 Å². The Morgan fingerprint density at radius 1 is 0.861 bits per heavy atom. The number of aliphatic carboxylic acids is 2. The summed E-state index contributed by atoms with van der Waals surface area (Å²) in [5, 5.41) is 13.9. The van der Waals surface area contributed by atoms with Gasteiger partial charge in [0, 0.05) is 0 Å². The standard InChI is InChI=1S/C22H37O.C4H6O7S.Na/c1-3-4-5-6-7-8-9-10-11-12-13-15-18-21(2)23-22-19-16-14-17-20-22;5-3(6)1-2(4(7)8)12(9,10)11;/h14,16-17,19-21H,2-13,15,18H2,1H3;2H,1H2,(H,5,6)(H,7,8)(H,9,10,11);/q-1;;+1. The quantitative estimate of drug-likeness (QED) is 0.106. The molecule has 0 spiro atoms. The zero-order chi connectivity index (χ0) is 26.5. The smallest absolute Gasteiger partial charge is 0.522 e. The topological polar surface area (TPSA) is 138 Å². The summed E-state index contributed by atoms with van der Waals surface area (Å²) in [5.41, 5.74) is 0. The molecule has 0 heterocycles. The van der Waals surface area contributed by atoms with Crippen LogP contribution in [0.3, 0.4) is 0 Å². The van der Waals surface area contributed by atoms with Gasteiger partial charge in [-0.1, -0.05) is 102 Å². The van der Waals surface area contributed by atoms with Gasteiger partial charge in [0.15, 0.2) is 5.25 Å². The number of ether oxygens (including phenoxy) is 1. The maximum Gasteiger partial charge on any atom is 1.00 e. The molecule has 0 aromatic heterocycles. The van der Waals surface area contributed by atoms with Crippen molar-refractivity contribution in [1.29, 1.82) is 0 Å². The Labute approximate surface area is 239 Å². The molecule has 0 saturated heterocycles. The van der Waals surface area contributed by atoms with Crippen LogP contribution >= 0.6 is 0 Å². The molecule has 2 unspecified atom stereocenters. The largest absolute Gasteiger partial charge is 1.00 e. The number of carboxylic acid groups (broad SMARTS) is 2. The van der Waals surface area contributed by atoms with E-state index in [0.29, 0.717) is 0 Å². The van der Waals surface area contributed by atoms with Crippen LogP contribution in [0, 0.1) is 6.92 Å². The average Bonchev–Trinajstić information content (AvgIpc) is 2.78. The molecule has 0 aliphatic carbocycles. The molecule has 0 aliphatic rings. The summed E-state index contributed by atoms with van der Waals surface area (Å²) in [6, 6.07) is 10.0. The van der Waals surface area contributed by atoms with Gasteiger partial charge in [-0.05, 0) is 24.7 Å². The van der Waals surface area contributed by atoms with Crippen LogP contribution in [-0.2, 0) is 19.7 Å². The predicted octanol–water partition coefficient (Wildman–Crippen LogP) is 3.17. The molecule has 0 saturated carbocycles. The molecule has 0 radical (unpaired) electrons. The van der Waals surface area contributed by atoms with Crippen molar-refractivity contribution in [2.24, 2.45) is 0 Å². The fourth-order valence-electron chi connectivity index (χ4n) is 3.44. The van der Waals surface area contributed by atoms with Crippen LogP contribution in [0.4, 0.5) is 0 Å². The minimum absolute atomic E-state index is 0. The molecule has 202 valence electrons. The average molecular weight is 539 g/mol. The van der Waals surface area contributed by atoms with Gasteiger partial charge in [-0.15, -0.1) is 0 Å².